The zero-order valence-corrected chi connectivity index (χ0v) is 16.9. The highest BCUT2D eigenvalue weighted by Crippen LogP contribution is 2.30. The Bertz CT molecular complexity index is 1090. The largest absolute Gasteiger partial charge is 0.373 e. The minimum absolute atomic E-state index is 0.180. The van der Waals surface area contributed by atoms with Crippen LogP contribution in [0.4, 0.5) is 0 Å². The molecule has 0 bridgehead atoms. The van der Waals surface area contributed by atoms with Gasteiger partial charge in [0.25, 0.3) is 5.91 Å². The number of benzene rings is 1. The summed E-state index contributed by atoms with van der Waals surface area (Å²) in [6.45, 7) is 3.63. The van der Waals surface area contributed by atoms with E-state index in [1.807, 2.05) is 35.9 Å². The van der Waals surface area contributed by atoms with E-state index in [1.165, 1.54) is 0 Å². The number of carbonyl (C=O) groups excluding carboxylic acids is 1. The van der Waals surface area contributed by atoms with Crippen molar-refractivity contribution in [2.75, 3.05) is 6.61 Å². The van der Waals surface area contributed by atoms with E-state index in [9.17, 15) is 4.79 Å². The summed E-state index contributed by atoms with van der Waals surface area (Å²) in [4.78, 5) is 17.3. The highest BCUT2D eigenvalue weighted by atomic mass is 35.5. The van der Waals surface area contributed by atoms with Crippen LogP contribution in [0.5, 0.6) is 0 Å². The van der Waals surface area contributed by atoms with Crippen LogP contribution < -0.4 is 5.32 Å². The second kappa shape index (κ2) is 7.31. The third-order valence-corrected chi connectivity index (χ3v) is 6.20. The zero-order chi connectivity index (χ0) is 20.0. The molecular formula is C21H22ClN5O2. The van der Waals surface area contributed by atoms with Crippen molar-refractivity contribution in [1.29, 1.82) is 0 Å². The summed E-state index contributed by atoms with van der Waals surface area (Å²) in [5, 5.41) is 8.29. The fourth-order valence-electron chi connectivity index (χ4n) is 4.15. The topological polar surface area (TPSA) is 74.0 Å². The summed E-state index contributed by atoms with van der Waals surface area (Å²) < 4.78 is 9.62. The molecule has 2 aromatic heterocycles. The van der Waals surface area contributed by atoms with Crippen LogP contribution in [0.25, 0.3) is 5.69 Å². The second-order valence-electron chi connectivity index (χ2n) is 7.59. The lowest BCUT2D eigenvalue weighted by Gasteiger charge is -2.25. The number of imidazole rings is 1. The number of amides is 1. The number of fused-ring (bicyclic) bond motifs is 2. The molecule has 0 spiro atoms. The Morgan fingerprint density at radius 3 is 3.10 bits per heavy atom. The smallest absolute Gasteiger partial charge is 0.287 e. The van der Waals surface area contributed by atoms with E-state index >= 15 is 0 Å². The van der Waals surface area contributed by atoms with Gasteiger partial charge in [-0.3, -0.25) is 4.79 Å². The van der Waals surface area contributed by atoms with E-state index in [4.69, 9.17) is 16.3 Å². The Morgan fingerprint density at radius 1 is 1.31 bits per heavy atom. The third-order valence-electron chi connectivity index (χ3n) is 5.71. The van der Waals surface area contributed by atoms with Crippen LogP contribution in [0.1, 0.15) is 52.0 Å². The van der Waals surface area contributed by atoms with Crippen LogP contribution in [-0.2, 0) is 24.3 Å². The fraction of sp³-hybridized carbons (Fsp3) is 0.381. The molecule has 0 saturated carbocycles. The molecule has 3 aromatic rings. The molecule has 8 heteroatoms. The molecule has 0 radical (unpaired) electrons. The van der Waals surface area contributed by atoms with Gasteiger partial charge in [-0.1, -0.05) is 23.7 Å². The molecule has 1 N–H and O–H groups in total. The summed E-state index contributed by atoms with van der Waals surface area (Å²) >= 11 is 6.50. The van der Waals surface area contributed by atoms with Gasteiger partial charge in [0.1, 0.15) is 0 Å². The predicted molar refractivity (Wildman–Crippen MR) is 108 cm³/mol. The van der Waals surface area contributed by atoms with Crippen molar-refractivity contribution in [3.05, 3.63) is 64.0 Å². The van der Waals surface area contributed by atoms with Gasteiger partial charge in [-0.2, -0.15) is 5.10 Å². The molecule has 1 atom stereocenters. The van der Waals surface area contributed by atoms with Crippen molar-refractivity contribution < 1.29 is 9.53 Å². The number of halogens is 1. The Kier molecular flexibility index (Phi) is 4.64. The van der Waals surface area contributed by atoms with Gasteiger partial charge in [-0.05, 0) is 37.8 Å². The number of hydrogen-bond acceptors (Lipinski definition) is 4. The lowest BCUT2D eigenvalue weighted by atomic mass is 10.1. The van der Waals surface area contributed by atoms with Crippen LogP contribution in [0.3, 0.4) is 0 Å². The fourth-order valence-corrected chi connectivity index (χ4v) is 4.35. The summed E-state index contributed by atoms with van der Waals surface area (Å²) in [7, 11) is 0. The highest BCUT2D eigenvalue weighted by Gasteiger charge is 2.29. The molecule has 0 saturated heterocycles. The van der Waals surface area contributed by atoms with Gasteiger partial charge in [0.15, 0.2) is 5.82 Å². The number of aryl methyl sites for hydroxylation is 2. The van der Waals surface area contributed by atoms with E-state index in [-0.39, 0.29) is 11.9 Å². The van der Waals surface area contributed by atoms with E-state index in [0.717, 1.165) is 54.0 Å². The number of nitrogens with zero attached hydrogens (tertiary/aromatic N) is 4. The molecular weight excluding hydrogens is 390 g/mol. The predicted octanol–water partition coefficient (Wildman–Crippen LogP) is 3.37. The monoisotopic (exact) mass is 411 g/mol. The summed E-state index contributed by atoms with van der Waals surface area (Å²) in [6, 6.07) is 5.57. The van der Waals surface area contributed by atoms with Crippen molar-refractivity contribution in [3.63, 3.8) is 0 Å². The van der Waals surface area contributed by atoms with Crippen LogP contribution in [-0.4, -0.2) is 31.8 Å². The molecule has 29 heavy (non-hydrogen) atoms. The van der Waals surface area contributed by atoms with Crippen molar-refractivity contribution in [3.8, 4) is 5.69 Å². The maximum Gasteiger partial charge on any atom is 0.287 e. The molecule has 2 aliphatic heterocycles. The summed E-state index contributed by atoms with van der Waals surface area (Å²) in [5.41, 5.74) is 4.78. The van der Waals surface area contributed by atoms with Gasteiger partial charge in [0, 0.05) is 24.0 Å². The van der Waals surface area contributed by atoms with Gasteiger partial charge in [-0.25, -0.2) is 9.67 Å². The van der Waals surface area contributed by atoms with Crippen LogP contribution in [0.2, 0.25) is 5.02 Å². The molecule has 1 amide bonds. The van der Waals surface area contributed by atoms with Gasteiger partial charge in [0.2, 0.25) is 0 Å². The minimum atomic E-state index is -0.278. The maximum absolute atomic E-state index is 12.9. The van der Waals surface area contributed by atoms with E-state index in [1.54, 1.807) is 10.9 Å². The van der Waals surface area contributed by atoms with Gasteiger partial charge in [-0.15, -0.1) is 0 Å². The first kappa shape index (κ1) is 18.4. The Hall–Kier alpha value is -2.64. The summed E-state index contributed by atoms with van der Waals surface area (Å²) in [6.07, 6.45) is 6.80. The van der Waals surface area contributed by atoms with Crippen molar-refractivity contribution in [2.24, 2.45) is 0 Å². The number of nitrogens with one attached hydrogen (secondary N) is 1. The average Bonchev–Trinajstić information content (AvgIpc) is 3.35. The summed E-state index contributed by atoms with van der Waals surface area (Å²) in [5.74, 6) is 0.293. The lowest BCUT2D eigenvalue weighted by molar-refractivity contribution is 0.0679. The molecule has 2 aliphatic rings. The number of rotatable bonds is 3. The number of hydrogen-bond donors (Lipinski definition) is 1. The SMILES string of the molecule is Cc1cccc(-n2ncc3c2COC[C@@H]3NC(=O)c2ncc3n2CCCC3)c1Cl. The van der Waals surface area contributed by atoms with Gasteiger partial charge < -0.3 is 14.6 Å². The maximum atomic E-state index is 12.9. The molecule has 7 nitrogen and oxygen atoms in total. The average molecular weight is 412 g/mol. The number of carbonyl (C=O) groups is 1. The first-order valence-electron chi connectivity index (χ1n) is 9.89. The first-order valence-corrected chi connectivity index (χ1v) is 10.3. The lowest BCUT2D eigenvalue weighted by Crippen LogP contribution is -2.36. The first-order chi connectivity index (χ1) is 14.1. The second-order valence-corrected chi connectivity index (χ2v) is 7.97. The minimum Gasteiger partial charge on any atom is -0.373 e. The molecule has 150 valence electrons. The van der Waals surface area contributed by atoms with Crippen LogP contribution >= 0.6 is 11.6 Å². The Labute approximate surface area is 173 Å². The Balaban J connectivity index is 1.43. The molecule has 4 heterocycles. The Morgan fingerprint density at radius 2 is 2.21 bits per heavy atom. The molecule has 0 aliphatic carbocycles. The van der Waals surface area contributed by atoms with Crippen LogP contribution in [0, 0.1) is 6.92 Å². The van der Waals surface area contributed by atoms with Crippen LogP contribution in [0.15, 0.2) is 30.6 Å². The number of aromatic nitrogens is 4. The van der Waals surface area contributed by atoms with Crippen molar-refractivity contribution in [2.45, 2.75) is 45.4 Å². The molecule has 0 unspecified atom stereocenters. The quantitative estimate of drug-likeness (QED) is 0.717. The molecule has 0 fully saturated rings. The van der Waals surface area contributed by atoms with E-state index in [2.05, 4.69) is 15.4 Å². The van der Waals surface area contributed by atoms with E-state index < -0.39 is 0 Å². The van der Waals surface area contributed by atoms with E-state index in [0.29, 0.717) is 24.1 Å². The van der Waals surface area contributed by atoms with Gasteiger partial charge in [0.05, 0.1) is 41.9 Å². The van der Waals surface area contributed by atoms with Crippen molar-refractivity contribution in [1.82, 2.24) is 24.6 Å². The highest BCUT2D eigenvalue weighted by molar-refractivity contribution is 6.33. The number of ether oxygens (including phenoxy) is 1. The van der Waals surface area contributed by atoms with Gasteiger partial charge >= 0.3 is 0 Å². The molecule has 1 aromatic carbocycles. The van der Waals surface area contributed by atoms with Crippen molar-refractivity contribution >= 4 is 17.5 Å². The standard InChI is InChI=1S/C21H22ClN5O2/c1-13-5-4-7-17(19(13)22)27-18-12-29-11-16(15(18)10-24-27)25-21(28)20-23-9-14-6-2-3-8-26(14)20/h4-5,7,9-10,16H,2-3,6,8,11-12H2,1H3,(H,25,28)/t16-/m0/s1. The molecule has 5 rings (SSSR count). The zero-order valence-electron chi connectivity index (χ0n) is 16.2. The normalized spacial score (nSPS) is 18.2. The third kappa shape index (κ3) is 3.14.